The summed E-state index contributed by atoms with van der Waals surface area (Å²) in [7, 11) is -3.98. The Morgan fingerprint density at radius 2 is 1.93 bits per heavy atom. The maximum Gasteiger partial charge on any atom is 0.360 e. The van der Waals surface area contributed by atoms with E-state index in [4.69, 9.17) is 13.6 Å². The van der Waals surface area contributed by atoms with Crippen molar-refractivity contribution in [3.05, 3.63) is 71.8 Å². The van der Waals surface area contributed by atoms with Crippen molar-refractivity contribution in [2.75, 3.05) is 6.61 Å². The molecule has 8 heteroatoms. The van der Waals surface area contributed by atoms with Gasteiger partial charge in [-0.1, -0.05) is 18.2 Å². The maximum atomic E-state index is 13.1. The molecule has 0 unspecified atom stereocenters. The Morgan fingerprint density at radius 3 is 2.56 bits per heavy atom. The summed E-state index contributed by atoms with van der Waals surface area (Å²) in [6.45, 7) is 3.34. The van der Waals surface area contributed by atoms with E-state index in [1.807, 2.05) is 0 Å². The van der Waals surface area contributed by atoms with Crippen molar-refractivity contribution in [1.82, 2.24) is 4.98 Å². The molecule has 27 heavy (non-hydrogen) atoms. The molecule has 1 aromatic carbocycles. The molecule has 0 N–H and O–H groups in total. The van der Waals surface area contributed by atoms with E-state index in [2.05, 4.69) is 4.98 Å². The fourth-order valence-electron chi connectivity index (χ4n) is 2.37. The zero-order valence-corrected chi connectivity index (χ0v) is 15.5. The van der Waals surface area contributed by atoms with Gasteiger partial charge in [0.1, 0.15) is 16.4 Å². The molecular weight excluding hydrogens is 370 g/mol. The first-order chi connectivity index (χ1) is 12.9. The number of oxazole rings is 1. The number of carbonyl (C=O) groups excluding carboxylic acids is 1. The molecule has 0 aliphatic carbocycles. The average molecular weight is 387 g/mol. The van der Waals surface area contributed by atoms with Crippen LogP contribution in [0.25, 0.3) is 11.0 Å². The molecule has 0 spiro atoms. The van der Waals surface area contributed by atoms with Crippen molar-refractivity contribution in [2.24, 2.45) is 0 Å². The molecular formula is C19H17NO6S. The fraction of sp³-hybridized carbons (Fsp3) is 0.158. The molecule has 140 valence electrons. The van der Waals surface area contributed by atoms with Crippen LogP contribution < -0.4 is 0 Å². The molecule has 0 saturated carbocycles. The van der Waals surface area contributed by atoms with Crippen molar-refractivity contribution < 1.29 is 26.8 Å². The van der Waals surface area contributed by atoms with Crippen molar-refractivity contribution in [3.8, 4) is 0 Å². The number of hydrogen-bond donors (Lipinski definition) is 0. The number of nitrogens with zero attached hydrogens (tertiary/aromatic N) is 1. The number of furan rings is 1. The van der Waals surface area contributed by atoms with E-state index in [1.54, 1.807) is 37.3 Å². The molecule has 2 heterocycles. The summed E-state index contributed by atoms with van der Waals surface area (Å²) in [5, 5.41) is 0. The molecule has 0 aliphatic rings. The Bertz CT molecular complexity index is 1060. The lowest BCUT2D eigenvalue weighted by Crippen LogP contribution is -2.08. The van der Waals surface area contributed by atoms with Crippen LogP contribution in [0.3, 0.4) is 0 Å². The number of esters is 1. The Hall–Kier alpha value is -3.13. The van der Waals surface area contributed by atoms with Crippen molar-refractivity contribution >= 4 is 26.8 Å². The Kier molecular flexibility index (Phi) is 5.27. The number of aromatic nitrogens is 1. The van der Waals surface area contributed by atoms with Gasteiger partial charge in [0.15, 0.2) is 5.69 Å². The van der Waals surface area contributed by atoms with Crippen LogP contribution in [0.15, 0.2) is 62.5 Å². The van der Waals surface area contributed by atoms with Crippen molar-refractivity contribution in [3.63, 3.8) is 0 Å². The Morgan fingerprint density at radius 1 is 1.19 bits per heavy atom. The first-order valence-corrected chi connectivity index (χ1v) is 9.62. The first kappa shape index (κ1) is 18.7. The van der Waals surface area contributed by atoms with Crippen molar-refractivity contribution in [2.45, 2.75) is 18.7 Å². The van der Waals surface area contributed by atoms with Crippen LogP contribution in [0, 0.1) is 6.92 Å². The molecule has 7 nitrogen and oxygen atoms in total. The molecule has 0 bridgehead atoms. The number of rotatable bonds is 6. The van der Waals surface area contributed by atoms with Gasteiger partial charge in [0.05, 0.1) is 17.8 Å². The summed E-state index contributed by atoms with van der Waals surface area (Å²) < 4.78 is 42.0. The SMILES string of the molecule is CCOC(=O)c1nc(/C(=C\c2ccco2)S(=O)(=O)c2ccccc2)oc1C. The van der Waals surface area contributed by atoms with Gasteiger partial charge in [0, 0.05) is 6.08 Å². The fourth-order valence-corrected chi connectivity index (χ4v) is 3.73. The molecule has 0 amide bonds. The largest absolute Gasteiger partial charge is 0.465 e. The third-order valence-electron chi connectivity index (χ3n) is 3.64. The molecule has 0 atom stereocenters. The molecule has 3 rings (SSSR count). The summed E-state index contributed by atoms with van der Waals surface area (Å²) in [6.07, 6.45) is 2.73. The Labute approximate surface area is 156 Å². The second-order valence-corrected chi connectivity index (χ2v) is 7.40. The highest BCUT2D eigenvalue weighted by Crippen LogP contribution is 2.31. The minimum atomic E-state index is -3.98. The zero-order chi connectivity index (χ0) is 19.4. The second-order valence-electron chi connectivity index (χ2n) is 5.48. The zero-order valence-electron chi connectivity index (χ0n) is 14.7. The number of sulfone groups is 1. The maximum absolute atomic E-state index is 13.1. The van der Waals surface area contributed by atoms with E-state index < -0.39 is 15.8 Å². The lowest BCUT2D eigenvalue weighted by Gasteiger charge is -2.06. The Balaban J connectivity index is 2.15. The summed E-state index contributed by atoms with van der Waals surface area (Å²) in [5.74, 6) is -0.426. The topological polar surface area (TPSA) is 99.6 Å². The van der Waals surface area contributed by atoms with Gasteiger partial charge in [0.2, 0.25) is 15.7 Å². The summed E-state index contributed by atoms with van der Waals surface area (Å²) >= 11 is 0. The van der Waals surface area contributed by atoms with Gasteiger partial charge < -0.3 is 13.6 Å². The average Bonchev–Trinajstić information content (AvgIpc) is 3.30. The van der Waals surface area contributed by atoms with E-state index in [-0.39, 0.29) is 33.8 Å². The van der Waals surface area contributed by atoms with Gasteiger partial charge in [-0.15, -0.1) is 0 Å². The third kappa shape index (κ3) is 3.85. The predicted molar refractivity (Wildman–Crippen MR) is 97.4 cm³/mol. The lowest BCUT2D eigenvalue weighted by molar-refractivity contribution is 0.0518. The van der Waals surface area contributed by atoms with Crippen LogP contribution >= 0.6 is 0 Å². The highest BCUT2D eigenvalue weighted by molar-refractivity contribution is 8.00. The van der Waals surface area contributed by atoms with Gasteiger partial charge in [-0.3, -0.25) is 0 Å². The highest BCUT2D eigenvalue weighted by Gasteiger charge is 2.29. The predicted octanol–water partition coefficient (Wildman–Crippen LogP) is 3.72. The van der Waals surface area contributed by atoms with E-state index >= 15 is 0 Å². The number of carbonyl (C=O) groups is 1. The van der Waals surface area contributed by atoms with Crippen LogP contribution in [0.1, 0.15) is 34.8 Å². The molecule has 0 saturated heterocycles. The number of benzene rings is 1. The van der Waals surface area contributed by atoms with Crippen LogP contribution in [0.4, 0.5) is 0 Å². The number of ether oxygens (including phenoxy) is 1. The standard InChI is InChI=1S/C19H17NO6S/c1-3-24-19(21)17-13(2)26-18(20-17)16(12-14-8-7-11-25-14)27(22,23)15-9-5-4-6-10-15/h4-12H,3H2,1-2H3/b16-12+. The summed E-state index contributed by atoms with van der Waals surface area (Å²) in [5.41, 5.74) is -0.0690. The smallest absolute Gasteiger partial charge is 0.360 e. The van der Waals surface area contributed by atoms with Gasteiger partial charge in [-0.05, 0) is 38.1 Å². The monoisotopic (exact) mass is 387 g/mol. The first-order valence-electron chi connectivity index (χ1n) is 8.13. The van der Waals surface area contributed by atoms with E-state index in [1.165, 1.54) is 31.4 Å². The minimum absolute atomic E-state index is 0.0661. The van der Waals surface area contributed by atoms with Crippen LogP contribution in [0.2, 0.25) is 0 Å². The van der Waals surface area contributed by atoms with E-state index in [9.17, 15) is 13.2 Å². The summed E-state index contributed by atoms with van der Waals surface area (Å²) in [4.78, 5) is 15.9. The molecule has 0 fully saturated rings. The van der Waals surface area contributed by atoms with E-state index in [0.717, 1.165) is 0 Å². The molecule has 0 aliphatic heterocycles. The molecule has 0 radical (unpaired) electrons. The van der Waals surface area contributed by atoms with E-state index in [0.29, 0.717) is 5.76 Å². The highest BCUT2D eigenvalue weighted by atomic mass is 32.2. The van der Waals surface area contributed by atoms with Gasteiger partial charge in [-0.25, -0.2) is 18.2 Å². The van der Waals surface area contributed by atoms with Gasteiger partial charge in [-0.2, -0.15) is 0 Å². The summed E-state index contributed by atoms with van der Waals surface area (Å²) in [6, 6.07) is 11.1. The second kappa shape index (κ2) is 7.63. The minimum Gasteiger partial charge on any atom is -0.465 e. The number of aryl methyl sites for hydroxylation is 1. The van der Waals surface area contributed by atoms with Crippen LogP contribution in [-0.2, 0) is 14.6 Å². The normalized spacial score (nSPS) is 12.1. The van der Waals surface area contributed by atoms with Crippen LogP contribution in [-0.4, -0.2) is 26.0 Å². The number of hydrogen-bond acceptors (Lipinski definition) is 7. The molecule has 2 aromatic heterocycles. The van der Waals surface area contributed by atoms with Crippen LogP contribution in [0.5, 0.6) is 0 Å². The molecule has 3 aromatic rings. The van der Waals surface area contributed by atoms with Gasteiger partial charge in [0.25, 0.3) is 0 Å². The quantitative estimate of drug-likeness (QED) is 0.594. The third-order valence-corrected chi connectivity index (χ3v) is 5.40. The van der Waals surface area contributed by atoms with Gasteiger partial charge >= 0.3 is 5.97 Å². The van der Waals surface area contributed by atoms with Crippen molar-refractivity contribution in [1.29, 1.82) is 0 Å². The lowest BCUT2D eigenvalue weighted by atomic mass is 10.3.